The van der Waals surface area contributed by atoms with E-state index < -0.39 is 6.10 Å². The summed E-state index contributed by atoms with van der Waals surface area (Å²) < 4.78 is 0. The molecule has 3 rings (SSSR count). The maximum absolute atomic E-state index is 11.8. The van der Waals surface area contributed by atoms with Crippen LogP contribution in [0.1, 0.15) is 25.8 Å². The zero-order chi connectivity index (χ0) is 17.8. The van der Waals surface area contributed by atoms with Crippen molar-refractivity contribution >= 4 is 16.9 Å². The maximum atomic E-state index is 11.8. The Labute approximate surface area is 147 Å². The molecular formula is C20H23N3O2. The molecule has 1 unspecified atom stereocenters. The number of benzene rings is 2. The lowest BCUT2D eigenvalue weighted by molar-refractivity contribution is -0.123. The summed E-state index contributed by atoms with van der Waals surface area (Å²) in [5.41, 5.74) is 3.96. The molecule has 25 heavy (non-hydrogen) atoms. The van der Waals surface area contributed by atoms with Crippen molar-refractivity contribution in [3.8, 4) is 11.4 Å². The smallest absolute Gasteiger partial charge is 0.222 e. The van der Waals surface area contributed by atoms with Crippen LogP contribution in [0.5, 0.6) is 0 Å². The number of H-pyrrole nitrogens is 1. The number of nitrogens with zero attached hydrogens (tertiary/aromatic N) is 1. The molecule has 0 aliphatic heterocycles. The van der Waals surface area contributed by atoms with E-state index in [0.29, 0.717) is 6.54 Å². The summed E-state index contributed by atoms with van der Waals surface area (Å²) in [5.74, 6) is 0.772. The number of aromatic amines is 1. The molecule has 3 N–H and O–H groups in total. The summed E-state index contributed by atoms with van der Waals surface area (Å²) in [6, 6.07) is 15.8. The quantitative estimate of drug-likeness (QED) is 0.646. The number of carbonyl (C=O) groups is 1. The van der Waals surface area contributed by atoms with Gasteiger partial charge in [-0.1, -0.05) is 50.2 Å². The first-order valence-electron chi connectivity index (χ1n) is 8.52. The normalized spacial score (nSPS) is 12.5. The van der Waals surface area contributed by atoms with Crippen LogP contribution in [0.3, 0.4) is 0 Å². The summed E-state index contributed by atoms with van der Waals surface area (Å²) in [6.07, 6.45) is -0.468. The first-order chi connectivity index (χ1) is 12.0. The molecule has 5 nitrogen and oxygen atoms in total. The molecule has 0 radical (unpaired) electrons. The number of hydrogen-bond acceptors (Lipinski definition) is 3. The van der Waals surface area contributed by atoms with Gasteiger partial charge in [-0.05, 0) is 23.6 Å². The molecule has 0 spiro atoms. The summed E-state index contributed by atoms with van der Waals surface area (Å²) in [7, 11) is 0. The highest BCUT2D eigenvalue weighted by Crippen LogP contribution is 2.20. The molecule has 0 fully saturated rings. The lowest BCUT2D eigenvalue weighted by atomic mass is 10.0. The molecule has 1 aromatic heterocycles. The van der Waals surface area contributed by atoms with Crippen LogP contribution in [0.15, 0.2) is 48.5 Å². The fourth-order valence-corrected chi connectivity index (χ4v) is 2.57. The lowest BCUT2D eigenvalue weighted by Gasteiger charge is -2.14. The number of aromatic nitrogens is 2. The molecule has 3 aromatic rings. The van der Waals surface area contributed by atoms with E-state index in [2.05, 4.69) is 15.3 Å². The van der Waals surface area contributed by atoms with E-state index in [9.17, 15) is 9.90 Å². The molecule has 0 aliphatic rings. The maximum Gasteiger partial charge on any atom is 0.222 e. The van der Waals surface area contributed by atoms with Gasteiger partial charge in [-0.15, -0.1) is 0 Å². The highest BCUT2D eigenvalue weighted by molar-refractivity contribution is 5.79. The molecule has 130 valence electrons. The van der Waals surface area contributed by atoms with Crippen molar-refractivity contribution in [1.29, 1.82) is 0 Å². The van der Waals surface area contributed by atoms with Crippen LogP contribution in [-0.2, 0) is 11.3 Å². The monoisotopic (exact) mass is 337 g/mol. The Kier molecular flexibility index (Phi) is 5.14. The van der Waals surface area contributed by atoms with Gasteiger partial charge in [0.15, 0.2) is 0 Å². The minimum atomic E-state index is -0.601. The van der Waals surface area contributed by atoms with Gasteiger partial charge in [0.1, 0.15) is 5.82 Å². The van der Waals surface area contributed by atoms with Crippen molar-refractivity contribution < 1.29 is 9.90 Å². The Morgan fingerprint density at radius 2 is 1.88 bits per heavy atom. The van der Waals surface area contributed by atoms with Gasteiger partial charge >= 0.3 is 0 Å². The lowest BCUT2D eigenvalue weighted by Crippen LogP contribution is -2.29. The predicted octanol–water partition coefficient (Wildman–Crippen LogP) is 3.25. The number of rotatable bonds is 6. The van der Waals surface area contributed by atoms with Gasteiger partial charge < -0.3 is 15.4 Å². The first kappa shape index (κ1) is 17.2. The van der Waals surface area contributed by atoms with Crippen LogP contribution < -0.4 is 5.32 Å². The fourth-order valence-electron chi connectivity index (χ4n) is 2.57. The number of imidazole rings is 1. The summed E-state index contributed by atoms with van der Waals surface area (Å²) >= 11 is 0. The Balaban J connectivity index is 1.61. The third-order valence-electron chi connectivity index (χ3n) is 4.27. The van der Waals surface area contributed by atoms with Crippen molar-refractivity contribution in [3.05, 3.63) is 54.1 Å². The van der Waals surface area contributed by atoms with Crippen molar-refractivity contribution in [2.24, 2.45) is 5.92 Å². The summed E-state index contributed by atoms with van der Waals surface area (Å²) in [4.78, 5) is 19.7. The van der Waals surface area contributed by atoms with Crippen molar-refractivity contribution in [3.63, 3.8) is 0 Å². The van der Waals surface area contributed by atoms with Crippen LogP contribution >= 0.6 is 0 Å². The number of nitrogens with one attached hydrogen (secondary N) is 2. The van der Waals surface area contributed by atoms with E-state index in [1.165, 1.54) is 0 Å². The third kappa shape index (κ3) is 4.25. The van der Waals surface area contributed by atoms with E-state index in [1.807, 2.05) is 62.4 Å². The number of hydrogen-bond donors (Lipinski definition) is 3. The second-order valence-electron chi connectivity index (χ2n) is 6.59. The molecule has 2 aromatic carbocycles. The van der Waals surface area contributed by atoms with Gasteiger partial charge in [0.2, 0.25) is 5.91 Å². The largest absolute Gasteiger partial charge is 0.392 e. The van der Waals surface area contributed by atoms with Crippen molar-refractivity contribution in [2.45, 2.75) is 32.9 Å². The Morgan fingerprint density at radius 3 is 2.56 bits per heavy atom. The molecule has 5 heteroatoms. The first-order valence-corrected chi connectivity index (χ1v) is 8.52. The third-order valence-corrected chi connectivity index (χ3v) is 4.27. The SMILES string of the molecule is CC(C)C(O)CC(=O)NCc1ccc(-c2nc3ccccc3[nH]2)cc1. The van der Waals surface area contributed by atoms with Crippen molar-refractivity contribution in [2.75, 3.05) is 0 Å². The highest BCUT2D eigenvalue weighted by Gasteiger charge is 2.14. The number of aliphatic hydroxyl groups excluding tert-OH is 1. The van der Waals surface area contributed by atoms with Gasteiger partial charge in [0.25, 0.3) is 0 Å². The minimum Gasteiger partial charge on any atom is -0.392 e. The second-order valence-corrected chi connectivity index (χ2v) is 6.59. The molecule has 1 heterocycles. The topological polar surface area (TPSA) is 78.0 Å². The van der Waals surface area contributed by atoms with Gasteiger partial charge in [0.05, 0.1) is 23.6 Å². The molecular weight excluding hydrogens is 314 g/mol. The van der Waals surface area contributed by atoms with Gasteiger partial charge in [-0.25, -0.2) is 4.98 Å². The van der Waals surface area contributed by atoms with Gasteiger partial charge in [-0.2, -0.15) is 0 Å². The van der Waals surface area contributed by atoms with E-state index in [0.717, 1.165) is 28.0 Å². The van der Waals surface area contributed by atoms with Crippen LogP contribution in [-0.4, -0.2) is 27.1 Å². The zero-order valence-corrected chi connectivity index (χ0v) is 14.5. The summed E-state index contributed by atoms with van der Waals surface area (Å²) in [5, 5.41) is 12.6. The zero-order valence-electron chi connectivity index (χ0n) is 14.5. The molecule has 0 bridgehead atoms. The van der Waals surface area contributed by atoms with Crippen LogP contribution in [0.4, 0.5) is 0 Å². The molecule has 1 amide bonds. The number of amides is 1. The Hall–Kier alpha value is -2.66. The molecule has 0 saturated carbocycles. The van der Waals surface area contributed by atoms with Crippen LogP contribution in [0.25, 0.3) is 22.4 Å². The van der Waals surface area contributed by atoms with E-state index in [-0.39, 0.29) is 18.2 Å². The van der Waals surface area contributed by atoms with E-state index in [1.54, 1.807) is 0 Å². The van der Waals surface area contributed by atoms with Crippen LogP contribution in [0.2, 0.25) is 0 Å². The fraction of sp³-hybridized carbons (Fsp3) is 0.300. The Morgan fingerprint density at radius 1 is 1.16 bits per heavy atom. The highest BCUT2D eigenvalue weighted by atomic mass is 16.3. The molecule has 0 aliphatic carbocycles. The predicted molar refractivity (Wildman–Crippen MR) is 98.8 cm³/mol. The number of carbonyl (C=O) groups excluding carboxylic acids is 1. The average molecular weight is 337 g/mol. The average Bonchev–Trinajstić information content (AvgIpc) is 3.04. The number of fused-ring (bicyclic) bond motifs is 1. The Bertz CT molecular complexity index is 820. The van der Waals surface area contributed by atoms with Gasteiger partial charge in [-0.3, -0.25) is 4.79 Å². The summed E-state index contributed by atoms with van der Waals surface area (Å²) in [6.45, 7) is 4.24. The van der Waals surface area contributed by atoms with Crippen molar-refractivity contribution in [1.82, 2.24) is 15.3 Å². The van der Waals surface area contributed by atoms with Gasteiger partial charge in [0, 0.05) is 12.1 Å². The van der Waals surface area contributed by atoms with E-state index >= 15 is 0 Å². The number of aliphatic hydroxyl groups is 1. The van der Waals surface area contributed by atoms with E-state index in [4.69, 9.17) is 0 Å². The molecule has 1 atom stereocenters. The standard InChI is InChI=1S/C20H23N3O2/c1-13(2)18(24)11-19(25)21-12-14-7-9-15(10-8-14)20-22-16-5-3-4-6-17(16)23-20/h3-10,13,18,24H,11-12H2,1-2H3,(H,21,25)(H,22,23). The molecule has 0 saturated heterocycles. The van der Waals surface area contributed by atoms with Crippen LogP contribution in [0, 0.1) is 5.92 Å². The minimum absolute atomic E-state index is 0.0776. The second kappa shape index (κ2) is 7.49. The number of para-hydroxylation sites is 2.